The average Bonchev–Trinajstić information content (AvgIpc) is 3.34. The topological polar surface area (TPSA) is 77.8 Å². The van der Waals surface area contributed by atoms with Crippen LogP contribution in [-0.4, -0.2) is 47.7 Å². The number of aromatic carboxylic acids is 1. The van der Waals surface area contributed by atoms with E-state index in [4.69, 9.17) is 0 Å². The lowest BCUT2D eigenvalue weighted by Gasteiger charge is -2.72. The fourth-order valence-corrected chi connectivity index (χ4v) is 12.8. The second kappa shape index (κ2) is 10.3. The zero-order valence-electron chi connectivity index (χ0n) is 28.2. The summed E-state index contributed by atoms with van der Waals surface area (Å²) in [7, 11) is 4.19. The minimum absolute atomic E-state index is 0.0255. The van der Waals surface area contributed by atoms with Gasteiger partial charge in [0.05, 0.1) is 11.0 Å². The van der Waals surface area contributed by atoms with Gasteiger partial charge in [-0.25, -0.2) is 4.79 Å². The van der Waals surface area contributed by atoms with E-state index in [0.29, 0.717) is 23.3 Å². The van der Waals surface area contributed by atoms with Crippen LogP contribution in [0.3, 0.4) is 0 Å². The highest BCUT2D eigenvalue weighted by Gasteiger charge is 2.71. The molecule has 0 radical (unpaired) electrons. The molecule has 5 heteroatoms. The maximum absolute atomic E-state index is 13.1. The highest BCUT2D eigenvalue weighted by molar-refractivity contribution is 5.88. The van der Waals surface area contributed by atoms with Crippen molar-refractivity contribution in [1.29, 1.82) is 0 Å². The molecule has 1 aromatic rings. The van der Waals surface area contributed by atoms with Gasteiger partial charge in [-0.2, -0.15) is 0 Å². The molecule has 0 saturated heterocycles. The predicted molar refractivity (Wildman–Crippen MR) is 176 cm³/mol. The molecule has 0 spiro atoms. The zero-order valence-corrected chi connectivity index (χ0v) is 28.2. The minimum Gasteiger partial charge on any atom is -0.481 e. The van der Waals surface area contributed by atoms with Crippen LogP contribution in [0, 0.1) is 56.7 Å². The second-order valence-corrected chi connectivity index (χ2v) is 17.1. The summed E-state index contributed by atoms with van der Waals surface area (Å²) in [4.78, 5) is 26.8. The smallest absolute Gasteiger partial charge is 0.335 e. The molecular weight excluding hydrogens is 546 g/mol. The lowest BCUT2D eigenvalue weighted by molar-refractivity contribution is -0.228. The third kappa shape index (κ3) is 4.19. The van der Waals surface area contributed by atoms with Crippen molar-refractivity contribution in [2.45, 2.75) is 92.4 Å². The lowest BCUT2D eigenvalue weighted by atomic mass is 9.32. The van der Waals surface area contributed by atoms with Crippen molar-refractivity contribution in [2.24, 2.45) is 56.7 Å². The molecule has 240 valence electrons. The number of carboxylic acid groups (broad SMARTS) is 2. The Kier molecular flexibility index (Phi) is 7.40. The van der Waals surface area contributed by atoms with E-state index >= 15 is 0 Å². The Morgan fingerprint density at radius 2 is 1.55 bits per heavy atom. The maximum atomic E-state index is 13.1. The van der Waals surface area contributed by atoms with E-state index in [1.165, 1.54) is 30.4 Å². The van der Waals surface area contributed by atoms with Crippen molar-refractivity contribution in [2.75, 3.05) is 20.6 Å². The molecule has 9 atom stereocenters. The van der Waals surface area contributed by atoms with E-state index in [1.54, 1.807) is 12.1 Å². The second-order valence-electron chi connectivity index (χ2n) is 17.1. The Morgan fingerprint density at radius 1 is 0.864 bits per heavy atom. The van der Waals surface area contributed by atoms with Gasteiger partial charge in [-0.3, -0.25) is 4.79 Å². The number of fused-ring (bicyclic) bond motifs is 7. The van der Waals surface area contributed by atoms with Crippen LogP contribution in [0.5, 0.6) is 0 Å². The first-order valence-corrected chi connectivity index (χ1v) is 17.1. The summed E-state index contributed by atoms with van der Waals surface area (Å²) >= 11 is 0. The average molecular weight is 602 g/mol. The van der Waals surface area contributed by atoms with Crippen LogP contribution < -0.4 is 0 Å². The van der Waals surface area contributed by atoms with E-state index in [1.807, 2.05) is 12.1 Å². The molecule has 4 saturated carbocycles. The quantitative estimate of drug-likeness (QED) is 0.319. The summed E-state index contributed by atoms with van der Waals surface area (Å²) in [5.74, 6) is 0.559. The van der Waals surface area contributed by atoms with Crippen LogP contribution in [0.1, 0.15) is 108 Å². The Hall–Kier alpha value is -2.40. The molecule has 6 rings (SSSR count). The van der Waals surface area contributed by atoms with Crippen molar-refractivity contribution in [3.63, 3.8) is 0 Å². The number of allylic oxidation sites excluding steroid dienone is 2. The van der Waals surface area contributed by atoms with E-state index < -0.39 is 17.4 Å². The van der Waals surface area contributed by atoms with Gasteiger partial charge in [-0.15, -0.1) is 0 Å². The van der Waals surface area contributed by atoms with Crippen LogP contribution in [0.2, 0.25) is 0 Å². The molecule has 0 amide bonds. The fraction of sp³-hybridized carbons (Fsp3) is 0.692. The molecular formula is C39H55NO4. The summed E-state index contributed by atoms with van der Waals surface area (Å²) in [6, 6.07) is 7.48. The number of carboxylic acids is 2. The van der Waals surface area contributed by atoms with Crippen molar-refractivity contribution in [1.82, 2.24) is 4.90 Å². The summed E-state index contributed by atoms with van der Waals surface area (Å²) in [5, 5.41) is 20.2. The molecule has 2 N–H and O–H groups in total. The van der Waals surface area contributed by atoms with Crippen molar-refractivity contribution in [3.8, 4) is 0 Å². The number of likely N-dealkylation sites (N-methyl/N-ethyl adjacent to an activating group) is 1. The summed E-state index contributed by atoms with van der Waals surface area (Å²) in [6.45, 7) is 18.0. The van der Waals surface area contributed by atoms with Crippen LogP contribution >= 0.6 is 0 Å². The maximum Gasteiger partial charge on any atom is 0.335 e. The number of hydrogen-bond donors (Lipinski definition) is 2. The van der Waals surface area contributed by atoms with E-state index in [2.05, 4.69) is 66.3 Å². The van der Waals surface area contributed by atoms with E-state index in [-0.39, 0.29) is 33.5 Å². The highest BCUT2D eigenvalue weighted by atomic mass is 16.4. The first kappa shape index (κ1) is 31.6. The SMILES string of the molecule is C=C(CN(C)C)C1CCC2(C(=O)O)CCC3(C)C(CCC4C5(C)CC=C(c6ccc(C(=O)O)cc6)C(C)(C)C5CCC43C)C12. The molecule has 5 aliphatic rings. The van der Waals surface area contributed by atoms with Gasteiger partial charge in [-0.05, 0) is 146 Å². The highest BCUT2D eigenvalue weighted by Crippen LogP contribution is 2.77. The monoisotopic (exact) mass is 601 g/mol. The summed E-state index contributed by atoms with van der Waals surface area (Å²) in [5.41, 5.74) is 3.88. The Labute approximate surface area is 265 Å². The third-order valence-corrected chi connectivity index (χ3v) is 14.9. The minimum atomic E-state index is -0.883. The standard InChI is InChI=1S/C39H55NO4/c1-24(23-40(7)8)27-15-20-39(34(43)44)22-21-37(5)29(32(27)39)13-14-31-36(4)18-16-28(25-9-11-26(12-10-25)33(41)42)35(2,3)30(36)17-19-38(31,37)6/h9-12,16,27,29-32H,1,13-15,17-23H2,2-8H3,(H,41,42)(H,43,44). The molecule has 5 aliphatic carbocycles. The van der Waals surface area contributed by atoms with Crippen molar-refractivity contribution < 1.29 is 19.8 Å². The van der Waals surface area contributed by atoms with Gasteiger partial charge >= 0.3 is 11.9 Å². The summed E-state index contributed by atoms with van der Waals surface area (Å²) < 4.78 is 0. The van der Waals surface area contributed by atoms with Gasteiger partial charge in [0.1, 0.15) is 0 Å². The van der Waals surface area contributed by atoms with Gasteiger partial charge in [0.2, 0.25) is 0 Å². The molecule has 5 nitrogen and oxygen atoms in total. The fourth-order valence-electron chi connectivity index (χ4n) is 12.8. The zero-order chi connectivity index (χ0) is 32.0. The Morgan fingerprint density at radius 3 is 2.16 bits per heavy atom. The van der Waals surface area contributed by atoms with Crippen LogP contribution in [0.25, 0.3) is 5.57 Å². The largest absolute Gasteiger partial charge is 0.481 e. The lowest BCUT2D eigenvalue weighted by Crippen LogP contribution is -2.66. The Balaban J connectivity index is 1.36. The molecule has 0 bridgehead atoms. The van der Waals surface area contributed by atoms with Crippen LogP contribution in [-0.2, 0) is 4.79 Å². The molecule has 9 unspecified atom stereocenters. The Bertz CT molecular complexity index is 1390. The first-order chi connectivity index (χ1) is 20.5. The number of carbonyl (C=O) groups is 2. The number of nitrogens with zero attached hydrogens (tertiary/aromatic N) is 1. The molecule has 1 aromatic carbocycles. The normalized spacial score (nSPS) is 42.4. The van der Waals surface area contributed by atoms with Gasteiger partial charge in [0.25, 0.3) is 0 Å². The van der Waals surface area contributed by atoms with Crippen LogP contribution in [0.15, 0.2) is 42.5 Å². The number of hydrogen-bond acceptors (Lipinski definition) is 3. The predicted octanol–water partition coefficient (Wildman–Crippen LogP) is 8.66. The van der Waals surface area contributed by atoms with Gasteiger partial charge in [0, 0.05) is 6.54 Å². The van der Waals surface area contributed by atoms with Crippen molar-refractivity contribution in [3.05, 3.63) is 53.6 Å². The first-order valence-electron chi connectivity index (χ1n) is 17.1. The molecule has 0 heterocycles. The van der Waals surface area contributed by atoms with Gasteiger partial charge < -0.3 is 15.1 Å². The van der Waals surface area contributed by atoms with Gasteiger partial charge in [0.15, 0.2) is 0 Å². The van der Waals surface area contributed by atoms with Gasteiger partial charge in [-0.1, -0.05) is 65.0 Å². The van der Waals surface area contributed by atoms with Crippen molar-refractivity contribution >= 4 is 17.5 Å². The van der Waals surface area contributed by atoms with E-state index in [0.717, 1.165) is 50.6 Å². The molecule has 44 heavy (non-hydrogen) atoms. The number of rotatable bonds is 6. The number of aliphatic carboxylic acids is 1. The molecule has 4 fully saturated rings. The summed E-state index contributed by atoms with van der Waals surface area (Å²) in [6.07, 6.45) is 11.8. The number of benzene rings is 1. The molecule has 0 aliphatic heterocycles. The third-order valence-electron chi connectivity index (χ3n) is 14.9. The van der Waals surface area contributed by atoms with E-state index in [9.17, 15) is 19.8 Å². The molecule has 0 aromatic heterocycles. The van der Waals surface area contributed by atoms with Crippen LogP contribution in [0.4, 0.5) is 0 Å².